The van der Waals surface area contributed by atoms with Crippen LogP contribution in [0.25, 0.3) is 0 Å². The summed E-state index contributed by atoms with van der Waals surface area (Å²) in [5.74, 6) is -0.513. The van der Waals surface area contributed by atoms with Crippen LogP contribution in [0.15, 0.2) is 47.6 Å². The zero-order valence-electron chi connectivity index (χ0n) is 11.0. The fourth-order valence-corrected chi connectivity index (χ4v) is 2.75. The first-order chi connectivity index (χ1) is 9.95. The second-order valence-electron chi connectivity index (χ2n) is 4.01. The van der Waals surface area contributed by atoms with Crippen molar-refractivity contribution in [3.63, 3.8) is 0 Å². The molecule has 1 amide bonds. The average Bonchev–Trinajstić information content (AvgIpc) is 2.48. The van der Waals surface area contributed by atoms with Gasteiger partial charge in [-0.2, -0.15) is 0 Å². The summed E-state index contributed by atoms with van der Waals surface area (Å²) >= 11 is 5.89. The fraction of sp³-hybridized carbons (Fsp3) is 0.0769. The van der Waals surface area contributed by atoms with Gasteiger partial charge in [0.2, 0.25) is 10.0 Å². The first kappa shape index (κ1) is 15.4. The van der Waals surface area contributed by atoms with Gasteiger partial charge < -0.3 is 5.32 Å². The van der Waals surface area contributed by atoms with Crippen molar-refractivity contribution in [2.45, 2.75) is 4.90 Å². The molecule has 0 aliphatic rings. The zero-order chi connectivity index (χ0) is 15.5. The van der Waals surface area contributed by atoms with E-state index in [1.54, 1.807) is 12.1 Å². The maximum atomic E-state index is 12.2. The topological polar surface area (TPSA) is 88.2 Å². The second-order valence-corrected chi connectivity index (χ2v) is 6.28. The number of anilines is 1. The number of carbonyl (C=O) groups is 1. The van der Waals surface area contributed by atoms with E-state index in [0.717, 1.165) is 0 Å². The van der Waals surface area contributed by atoms with Crippen LogP contribution < -0.4 is 10.0 Å². The van der Waals surface area contributed by atoms with Crippen molar-refractivity contribution in [2.75, 3.05) is 12.4 Å². The van der Waals surface area contributed by atoms with Gasteiger partial charge >= 0.3 is 0 Å². The number of hydrogen-bond acceptors (Lipinski definition) is 4. The highest BCUT2D eigenvalue weighted by Gasteiger charge is 2.18. The summed E-state index contributed by atoms with van der Waals surface area (Å²) in [7, 11) is -2.38. The standard InChI is InChI=1S/C13H12ClN3O3S/c1-15-21(19,20)12-5-3-2-4-11(12)17-13(18)9-6-7-16-8-10(9)14/h2-8,15H,1H3,(H,17,18). The number of aromatic nitrogens is 1. The molecule has 0 bridgehead atoms. The summed E-state index contributed by atoms with van der Waals surface area (Å²) in [6, 6.07) is 7.54. The Balaban J connectivity index is 2.38. The predicted octanol–water partition coefficient (Wildman–Crippen LogP) is 1.90. The molecule has 0 unspecified atom stereocenters. The van der Waals surface area contributed by atoms with E-state index in [2.05, 4.69) is 15.0 Å². The van der Waals surface area contributed by atoms with Gasteiger partial charge in [-0.05, 0) is 25.2 Å². The van der Waals surface area contributed by atoms with Crippen LogP contribution in [0, 0.1) is 0 Å². The van der Waals surface area contributed by atoms with Crippen LogP contribution in [0.3, 0.4) is 0 Å². The van der Waals surface area contributed by atoms with Crippen LogP contribution in [0.1, 0.15) is 10.4 Å². The zero-order valence-corrected chi connectivity index (χ0v) is 12.6. The quantitative estimate of drug-likeness (QED) is 0.898. The maximum absolute atomic E-state index is 12.2. The third-order valence-corrected chi connectivity index (χ3v) is 4.48. The Morgan fingerprint density at radius 2 is 1.95 bits per heavy atom. The Labute approximate surface area is 127 Å². The molecule has 0 fully saturated rings. The summed E-state index contributed by atoms with van der Waals surface area (Å²) in [5.41, 5.74) is 0.382. The van der Waals surface area contributed by atoms with Gasteiger partial charge in [-0.15, -0.1) is 0 Å². The van der Waals surface area contributed by atoms with E-state index >= 15 is 0 Å². The number of benzene rings is 1. The Morgan fingerprint density at radius 3 is 2.62 bits per heavy atom. The minimum Gasteiger partial charge on any atom is -0.321 e. The number of rotatable bonds is 4. The number of nitrogens with zero attached hydrogens (tertiary/aromatic N) is 1. The monoisotopic (exact) mass is 325 g/mol. The molecule has 1 heterocycles. The summed E-state index contributed by atoms with van der Waals surface area (Å²) < 4.78 is 26.0. The van der Waals surface area contributed by atoms with Crippen LogP contribution in [-0.4, -0.2) is 26.4 Å². The molecule has 0 spiro atoms. The molecule has 0 saturated heterocycles. The lowest BCUT2D eigenvalue weighted by atomic mass is 10.2. The molecule has 1 aromatic carbocycles. The maximum Gasteiger partial charge on any atom is 0.257 e. The van der Waals surface area contributed by atoms with Gasteiger partial charge in [0.05, 0.1) is 16.3 Å². The molecule has 21 heavy (non-hydrogen) atoms. The van der Waals surface area contributed by atoms with Crippen molar-refractivity contribution in [3.8, 4) is 0 Å². The number of para-hydroxylation sites is 1. The molecule has 1 aromatic heterocycles. The molecular weight excluding hydrogens is 314 g/mol. The third kappa shape index (κ3) is 3.38. The average molecular weight is 326 g/mol. The molecule has 0 saturated carbocycles. The van der Waals surface area contributed by atoms with Crippen LogP contribution >= 0.6 is 11.6 Å². The normalized spacial score (nSPS) is 11.1. The van der Waals surface area contributed by atoms with E-state index in [9.17, 15) is 13.2 Å². The summed E-state index contributed by atoms with van der Waals surface area (Å²) in [6.45, 7) is 0. The van der Waals surface area contributed by atoms with Crippen molar-refractivity contribution >= 4 is 33.2 Å². The number of nitrogens with one attached hydrogen (secondary N) is 2. The SMILES string of the molecule is CNS(=O)(=O)c1ccccc1NC(=O)c1ccncc1Cl. The van der Waals surface area contributed by atoms with Crippen molar-refractivity contribution in [1.29, 1.82) is 0 Å². The van der Waals surface area contributed by atoms with Gasteiger partial charge in [0.15, 0.2) is 0 Å². The number of sulfonamides is 1. The summed E-state index contributed by atoms with van der Waals surface area (Å²) in [6.07, 6.45) is 2.77. The van der Waals surface area contributed by atoms with E-state index in [4.69, 9.17) is 11.6 Å². The van der Waals surface area contributed by atoms with Crippen LogP contribution in [-0.2, 0) is 10.0 Å². The molecule has 8 heteroatoms. The van der Waals surface area contributed by atoms with Crippen molar-refractivity contribution < 1.29 is 13.2 Å². The lowest BCUT2D eigenvalue weighted by Crippen LogP contribution is -2.21. The first-order valence-corrected chi connectivity index (χ1v) is 7.75. The minimum absolute atomic E-state index is 0.0222. The van der Waals surface area contributed by atoms with Crippen molar-refractivity contribution in [1.82, 2.24) is 9.71 Å². The number of pyridine rings is 1. The third-order valence-electron chi connectivity index (χ3n) is 2.71. The second kappa shape index (κ2) is 6.21. The molecule has 2 N–H and O–H groups in total. The Kier molecular flexibility index (Phi) is 4.56. The highest BCUT2D eigenvalue weighted by molar-refractivity contribution is 7.89. The van der Waals surface area contributed by atoms with Crippen molar-refractivity contribution in [3.05, 3.63) is 53.3 Å². The highest BCUT2D eigenvalue weighted by atomic mass is 35.5. The van der Waals surface area contributed by atoms with Gasteiger partial charge in [0, 0.05) is 12.4 Å². The smallest absolute Gasteiger partial charge is 0.257 e. The largest absolute Gasteiger partial charge is 0.321 e. The van der Waals surface area contributed by atoms with E-state index in [-0.39, 0.29) is 21.2 Å². The van der Waals surface area contributed by atoms with Crippen LogP contribution in [0.2, 0.25) is 5.02 Å². The van der Waals surface area contributed by atoms with Crippen molar-refractivity contribution in [2.24, 2.45) is 0 Å². The molecule has 110 valence electrons. The highest BCUT2D eigenvalue weighted by Crippen LogP contribution is 2.22. The van der Waals surface area contributed by atoms with Gasteiger partial charge in [0.25, 0.3) is 5.91 Å². The number of halogens is 1. The predicted molar refractivity (Wildman–Crippen MR) is 79.9 cm³/mol. The molecule has 2 rings (SSSR count). The van der Waals surface area contributed by atoms with Gasteiger partial charge in [-0.25, -0.2) is 13.1 Å². The Hall–Kier alpha value is -1.96. The van der Waals surface area contributed by atoms with Gasteiger partial charge in [-0.3, -0.25) is 9.78 Å². The minimum atomic E-state index is -3.68. The van der Waals surface area contributed by atoms with E-state index in [1.807, 2.05) is 0 Å². The lowest BCUT2D eigenvalue weighted by Gasteiger charge is -2.11. The molecule has 6 nitrogen and oxygen atoms in total. The molecule has 0 atom stereocenters. The summed E-state index contributed by atoms with van der Waals surface area (Å²) in [5, 5.41) is 2.72. The molecule has 0 aliphatic heterocycles. The van der Waals surface area contributed by atoms with Gasteiger partial charge in [0.1, 0.15) is 4.90 Å². The Morgan fingerprint density at radius 1 is 1.24 bits per heavy atom. The van der Waals surface area contributed by atoms with E-state index in [0.29, 0.717) is 0 Å². The molecule has 0 aliphatic carbocycles. The lowest BCUT2D eigenvalue weighted by molar-refractivity contribution is 0.102. The summed E-state index contributed by atoms with van der Waals surface area (Å²) in [4.78, 5) is 15.9. The molecular formula is C13H12ClN3O3S. The van der Waals surface area contributed by atoms with Crippen LogP contribution in [0.5, 0.6) is 0 Å². The Bertz CT molecular complexity index is 778. The van der Waals surface area contributed by atoms with Gasteiger partial charge in [-0.1, -0.05) is 23.7 Å². The first-order valence-electron chi connectivity index (χ1n) is 5.89. The number of amides is 1. The number of hydrogen-bond donors (Lipinski definition) is 2. The molecule has 2 aromatic rings. The molecule has 0 radical (unpaired) electrons. The fourth-order valence-electron chi connectivity index (χ4n) is 1.66. The van der Waals surface area contributed by atoms with E-state index in [1.165, 1.54) is 37.6 Å². The van der Waals surface area contributed by atoms with E-state index < -0.39 is 15.9 Å². The number of carbonyl (C=O) groups excluding carboxylic acids is 1. The van der Waals surface area contributed by atoms with Crippen LogP contribution in [0.4, 0.5) is 5.69 Å².